The van der Waals surface area contributed by atoms with Crippen LogP contribution in [-0.4, -0.2) is 73.1 Å². The molecule has 0 spiro atoms. The van der Waals surface area contributed by atoms with Crippen molar-refractivity contribution in [3.05, 3.63) is 35.4 Å². The second kappa shape index (κ2) is 9.29. The maximum Gasteiger partial charge on any atom is 0.323 e. The lowest BCUT2D eigenvalue weighted by Crippen LogP contribution is -2.50. The van der Waals surface area contributed by atoms with E-state index in [4.69, 9.17) is 4.74 Å². The van der Waals surface area contributed by atoms with Crippen molar-refractivity contribution in [2.75, 3.05) is 32.5 Å². The van der Waals surface area contributed by atoms with Gasteiger partial charge >= 0.3 is 5.97 Å². The summed E-state index contributed by atoms with van der Waals surface area (Å²) < 4.78 is 30.4. The Balaban J connectivity index is 2.13. The summed E-state index contributed by atoms with van der Waals surface area (Å²) in [7, 11) is -1.69. The van der Waals surface area contributed by atoms with Crippen LogP contribution in [0.3, 0.4) is 0 Å². The van der Waals surface area contributed by atoms with E-state index in [1.54, 1.807) is 38.3 Å². The Labute approximate surface area is 159 Å². The average molecular weight is 398 g/mol. The number of methoxy groups -OCH3 is 1. The smallest absolute Gasteiger partial charge is 0.323 e. The van der Waals surface area contributed by atoms with Crippen molar-refractivity contribution in [3.8, 4) is 0 Å². The number of piperidine rings is 1. The highest BCUT2D eigenvalue weighted by molar-refractivity contribution is 7.89. The molecule has 0 atom stereocenters. The molecule has 1 aromatic carbocycles. The number of rotatable bonds is 8. The molecule has 1 aliphatic heterocycles. The third-order valence-electron chi connectivity index (χ3n) is 4.70. The quantitative estimate of drug-likeness (QED) is 0.705. The van der Waals surface area contributed by atoms with Crippen LogP contribution >= 0.6 is 0 Å². The van der Waals surface area contributed by atoms with Gasteiger partial charge < -0.3 is 14.7 Å². The van der Waals surface area contributed by atoms with Crippen molar-refractivity contribution in [3.63, 3.8) is 0 Å². The topological polar surface area (TPSA) is 104 Å². The Kier molecular flexibility index (Phi) is 7.34. The summed E-state index contributed by atoms with van der Waals surface area (Å²) in [4.78, 5) is 25.5. The van der Waals surface area contributed by atoms with Gasteiger partial charge in [-0.3, -0.25) is 9.59 Å². The molecule has 1 amide bonds. The molecule has 9 heteroatoms. The number of hydrogen-bond acceptors (Lipinski definition) is 5. The minimum absolute atomic E-state index is 0.0310. The van der Waals surface area contributed by atoms with E-state index in [0.717, 1.165) is 5.56 Å². The lowest BCUT2D eigenvalue weighted by molar-refractivity contribution is -0.138. The first-order chi connectivity index (χ1) is 12.8. The highest BCUT2D eigenvalue weighted by atomic mass is 32.2. The molecular formula is C18H26N2O6S. The van der Waals surface area contributed by atoms with Gasteiger partial charge in [0.15, 0.2) is 0 Å². The minimum atomic E-state index is -3.27. The average Bonchev–Trinajstić information content (AvgIpc) is 2.66. The molecule has 1 heterocycles. The van der Waals surface area contributed by atoms with Gasteiger partial charge in [-0.15, -0.1) is 0 Å². The molecule has 2 rings (SSSR count). The zero-order valence-corrected chi connectivity index (χ0v) is 16.4. The number of aliphatic carboxylic acids is 1. The van der Waals surface area contributed by atoms with Crippen molar-refractivity contribution < 1.29 is 27.9 Å². The van der Waals surface area contributed by atoms with Crippen molar-refractivity contribution in [1.82, 2.24) is 9.21 Å². The first-order valence-electron chi connectivity index (χ1n) is 8.87. The number of carbonyl (C=O) groups excluding carboxylic acids is 1. The first kappa shape index (κ1) is 21.3. The Morgan fingerprint density at radius 3 is 2.30 bits per heavy atom. The fraction of sp³-hybridized carbons (Fsp3) is 0.556. The summed E-state index contributed by atoms with van der Waals surface area (Å²) in [5.41, 5.74) is 1.32. The molecule has 1 N–H and O–H groups in total. The summed E-state index contributed by atoms with van der Waals surface area (Å²) in [6.07, 6.45) is 0.833. The largest absolute Gasteiger partial charge is 0.480 e. The van der Waals surface area contributed by atoms with E-state index in [-0.39, 0.29) is 30.8 Å². The molecule has 1 saturated heterocycles. The number of amides is 1. The number of benzene rings is 1. The van der Waals surface area contributed by atoms with Crippen LogP contribution in [0.5, 0.6) is 0 Å². The summed E-state index contributed by atoms with van der Waals surface area (Å²) in [6.45, 7) is 2.18. The zero-order chi connectivity index (χ0) is 20.0. The van der Waals surface area contributed by atoms with Crippen molar-refractivity contribution in [2.45, 2.75) is 32.4 Å². The molecule has 150 valence electrons. The fourth-order valence-electron chi connectivity index (χ4n) is 3.20. The first-order valence-corrected chi connectivity index (χ1v) is 10.5. The number of sulfonamides is 1. The van der Waals surface area contributed by atoms with Gasteiger partial charge in [0.2, 0.25) is 10.0 Å². The maximum absolute atomic E-state index is 12.9. The summed E-state index contributed by atoms with van der Waals surface area (Å²) in [5.74, 6) is -1.43. The summed E-state index contributed by atoms with van der Waals surface area (Å²) in [5, 5.41) is 9.23. The van der Waals surface area contributed by atoms with Crippen molar-refractivity contribution >= 4 is 21.9 Å². The Morgan fingerprint density at radius 1 is 1.22 bits per heavy atom. The van der Waals surface area contributed by atoms with Gasteiger partial charge in [-0.05, 0) is 37.5 Å². The number of ether oxygens (including phenoxy) is 1. The van der Waals surface area contributed by atoms with E-state index in [1.807, 2.05) is 0 Å². The van der Waals surface area contributed by atoms with Crippen LogP contribution in [0.1, 0.15) is 35.7 Å². The lowest BCUT2D eigenvalue weighted by atomic mass is 10.0. The molecule has 1 fully saturated rings. The lowest BCUT2D eigenvalue weighted by Gasteiger charge is -2.37. The third kappa shape index (κ3) is 5.50. The van der Waals surface area contributed by atoms with Gasteiger partial charge in [0.1, 0.15) is 6.54 Å². The number of hydrogen-bond donors (Lipinski definition) is 1. The summed E-state index contributed by atoms with van der Waals surface area (Å²) >= 11 is 0. The van der Waals surface area contributed by atoms with Crippen LogP contribution in [0.2, 0.25) is 0 Å². The molecule has 0 unspecified atom stereocenters. The number of carboxylic acids is 1. The van der Waals surface area contributed by atoms with E-state index in [0.29, 0.717) is 25.0 Å². The number of carbonyl (C=O) groups is 2. The standard InChI is InChI=1S/C18H26N2O6S/c1-3-27(24,25)19-10-8-16(9-11-19)20(12-17(21)22)18(23)15-6-4-14(5-7-15)13-26-2/h4-7,16H,3,8-13H2,1-2H3,(H,21,22). The Morgan fingerprint density at radius 2 is 1.81 bits per heavy atom. The maximum atomic E-state index is 12.9. The molecule has 27 heavy (non-hydrogen) atoms. The third-order valence-corrected chi connectivity index (χ3v) is 6.58. The minimum Gasteiger partial charge on any atom is -0.480 e. The zero-order valence-electron chi connectivity index (χ0n) is 15.6. The molecule has 0 aliphatic carbocycles. The van der Waals surface area contributed by atoms with E-state index in [1.165, 1.54) is 9.21 Å². The van der Waals surface area contributed by atoms with Crippen LogP contribution < -0.4 is 0 Å². The Bertz CT molecular complexity index is 755. The predicted octanol–water partition coefficient (Wildman–Crippen LogP) is 1.17. The predicted molar refractivity (Wildman–Crippen MR) is 99.9 cm³/mol. The normalized spacial score (nSPS) is 16.2. The van der Waals surface area contributed by atoms with Gasteiger partial charge in [0.25, 0.3) is 5.91 Å². The second-order valence-electron chi connectivity index (χ2n) is 6.49. The molecule has 0 bridgehead atoms. The van der Waals surface area contributed by atoms with Crippen molar-refractivity contribution in [2.24, 2.45) is 0 Å². The molecule has 0 saturated carbocycles. The van der Waals surface area contributed by atoms with Crippen LogP contribution in [0.15, 0.2) is 24.3 Å². The van der Waals surface area contributed by atoms with Crippen LogP contribution in [0.25, 0.3) is 0 Å². The SMILES string of the molecule is CCS(=O)(=O)N1CCC(N(CC(=O)O)C(=O)c2ccc(COC)cc2)CC1. The van der Waals surface area contributed by atoms with Crippen LogP contribution in [0, 0.1) is 0 Å². The van der Waals surface area contributed by atoms with Gasteiger partial charge in [-0.25, -0.2) is 12.7 Å². The van der Waals surface area contributed by atoms with Gasteiger partial charge in [-0.1, -0.05) is 12.1 Å². The highest BCUT2D eigenvalue weighted by Gasteiger charge is 2.33. The second-order valence-corrected chi connectivity index (χ2v) is 8.75. The van der Waals surface area contributed by atoms with E-state index in [9.17, 15) is 23.1 Å². The molecule has 1 aliphatic rings. The van der Waals surface area contributed by atoms with Crippen LogP contribution in [-0.2, 0) is 26.2 Å². The van der Waals surface area contributed by atoms with E-state index >= 15 is 0 Å². The monoisotopic (exact) mass is 398 g/mol. The molecule has 8 nitrogen and oxygen atoms in total. The summed E-state index contributed by atoms with van der Waals surface area (Å²) in [6, 6.07) is 6.54. The molecule has 0 aromatic heterocycles. The number of carboxylic acid groups (broad SMARTS) is 1. The van der Waals surface area contributed by atoms with Gasteiger partial charge in [0, 0.05) is 31.8 Å². The molecule has 0 radical (unpaired) electrons. The van der Waals surface area contributed by atoms with E-state index < -0.39 is 22.5 Å². The van der Waals surface area contributed by atoms with Gasteiger partial charge in [0.05, 0.1) is 12.4 Å². The molecular weight excluding hydrogens is 372 g/mol. The van der Waals surface area contributed by atoms with E-state index in [2.05, 4.69) is 0 Å². The van der Waals surface area contributed by atoms with Crippen molar-refractivity contribution in [1.29, 1.82) is 0 Å². The highest BCUT2D eigenvalue weighted by Crippen LogP contribution is 2.21. The fourth-order valence-corrected chi connectivity index (χ4v) is 4.34. The van der Waals surface area contributed by atoms with Crippen LogP contribution in [0.4, 0.5) is 0 Å². The number of nitrogens with zero attached hydrogens (tertiary/aromatic N) is 2. The van der Waals surface area contributed by atoms with Gasteiger partial charge in [-0.2, -0.15) is 0 Å². The Hall–Kier alpha value is -1.97. The molecule has 1 aromatic rings.